The molecule has 0 radical (unpaired) electrons. The quantitative estimate of drug-likeness (QED) is 0.769. The van der Waals surface area contributed by atoms with Crippen molar-refractivity contribution in [3.05, 3.63) is 53.6 Å². The van der Waals surface area contributed by atoms with Gasteiger partial charge in [-0.25, -0.2) is 9.97 Å². The highest BCUT2D eigenvalue weighted by molar-refractivity contribution is 5.90. The Morgan fingerprint density at radius 1 is 1.09 bits per heavy atom. The van der Waals surface area contributed by atoms with Crippen LogP contribution in [0.15, 0.2) is 36.7 Å². The van der Waals surface area contributed by atoms with Crippen LogP contribution in [0.5, 0.6) is 5.75 Å². The van der Waals surface area contributed by atoms with Crippen LogP contribution in [0.4, 0.5) is 0 Å². The number of piperidine rings is 1. The van der Waals surface area contributed by atoms with Gasteiger partial charge in [0.05, 0.1) is 5.60 Å². The Labute approximate surface area is 188 Å². The lowest BCUT2D eigenvalue weighted by atomic mass is 9.52. The van der Waals surface area contributed by atoms with Crippen molar-refractivity contribution in [3.63, 3.8) is 0 Å². The monoisotopic (exact) mass is 434 g/mol. The van der Waals surface area contributed by atoms with Crippen LogP contribution < -0.4 is 0 Å². The molecular formula is C25H30N4O3. The van der Waals surface area contributed by atoms with Gasteiger partial charge in [0.15, 0.2) is 0 Å². The smallest absolute Gasteiger partial charge is 0.291 e. The van der Waals surface area contributed by atoms with Gasteiger partial charge in [0.1, 0.15) is 5.75 Å². The minimum Gasteiger partial charge on any atom is -0.508 e. The third kappa shape index (κ3) is 2.98. The first-order valence-corrected chi connectivity index (χ1v) is 11.9. The Kier molecular flexibility index (Phi) is 4.56. The molecule has 3 fully saturated rings. The van der Waals surface area contributed by atoms with Crippen molar-refractivity contribution in [1.29, 1.82) is 0 Å². The van der Waals surface area contributed by atoms with Gasteiger partial charge in [-0.1, -0.05) is 6.07 Å². The fourth-order valence-corrected chi connectivity index (χ4v) is 6.62. The van der Waals surface area contributed by atoms with Crippen LogP contribution in [-0.2, 0) is 11.8 Å². The molecule has 1 aromatic heterocycles. The van der Waals surface area contributed by atoms with E-state index in [4.69, 9.17) is 0 Å². The molecule has 2 aliphatic carbocycles. The summed E-state index contributed by atoms with van der Waals surface area (Å²) in [4.78, 5) is 25.8. The lowest BCUT2D eigenvalue weighted by Gasteiger charge is -2.61. The highest BCUT2D eigenvalue weighted by atomic mass is 16.3. The van der Waals surface area contributed by atoms with Crippen molar-refractivity contribution in [1.82, 2.24) is 19.8 Å². The Morgan fingerprint density at radius 3 is 2.62 bits per heavy atom. The molecule has 0 unspecified atom stereocenters. The number of aromatic hydroxyl groups is 1. The normalized spacial score (nSPS) is 32.0. The van der Waals surface area contributed by atoms with Gasteiger partial charge >= 0.3 is 0 Å². The van der Waals surface area contributed by atoms with Crippen molar-refractivity contribution in [2.24, 2.45) is 5.92 Å². The fourth-order valence-electron chi connectivity index (χ4n) is 6.62. The molecule has 2 aromatic rings. The van der Waals surface area contributed by atoms with E-state index in [-0.39, 0.29) is 23.5 Å². The van der Waals surface area contributed by atoms with Crippen LogP contribution >= 0.6 is 0 Å². The first kappa shape index (κ1) is 20.1. The molecule has 1 saturated carbocycles. The number of carbonyl (C=O) groups excluding carboxylic acids is 1. The lowest BCUT2D eigenvalue weighted by molar-refractivity contribution is -0.149. The van der Waals surface area contributed by atoms with Gasteiger partial charge in [0.2, 0.25) is 5.82 Å². The summed E-state index contributed by atoms with van der Waals surface area (Å²) in [5.74, 6) is 1.03. The van der Waals surface area contributed by atoms with Crippen molar-refractivity contribution in [2.45, 2.75) is 55.6 Å². The van der Waals surface area contributed by atoms with Crippen molar-refractivity contribution < 1.29 is 15.0 Å². The predicted octanol–water partition coefficient (Wildman–Crippen LogP) is 2.13. The van der Waals surface area contributed by atoms with E-state index in [1.54, 1.807) is 24.5 Å². The van der Waals surface area contributed by atoms with E-state index < -0.39 is 11.0 Å². The van der Waals surface area contributed by atoms with Crippen LogP contribution in [0.1, 0.15) is 53.8 Å². The number of nitrogens with zero attached hydrogens (tertiary/aromatic N) is 4. The van der Waals surface area contributed by atoms with Crippen LogP contribution in [0.2, 0.25) is 0 Å². The van der Waals surface area contributed by atoms with Crippen molar-refractivity contribution in [2.75, 3.05) is 26.2 Å². The third-order valence-electron chi connectivity index (χ3n) is 8.47. The van der Waals surface area contributed by atoms with Crippen molar-refractivity contribution >= 4 is 5.91 Å². The zero-order valence-electron chi connectivity index (χ0n) is 18.3. The fraction of sp³-hybridized carbons (Fsp3) is 0.560. The number of phenolic OH excluding ortho intramolecular Hbond substituents is 1. The van der Waals surface area contributed by atoms with E-state index in [0.29, 0.717) is 25.9 Å². The molecule has 6 rings (SSSR count). The second-order valence-corrected chi connectivity index (χ2v) is 10.1. The largest absolute Gasteiger partial charge is 0.508 e. The zero-order chi connectivity index (χ0) is 21.9. The van der Waals surface area contributed by atoms with E-state index >= 15 is 0 Å². The predicted molar refractivity (Wildman–Crippen MR) is 118 cm³/mol. The second kappa shape index (κ2) is 7.25. The first-order valence-electron chi connectivity index (χ1n) is 11.9. The second-order valence-electron chi connectivity index (χ2n) is 10.1. The van der Waals surface area contributed by atoms with Gasteiger partial charge in [-0.2, -0.15) is 0 Å². The molecule has 2 saturated heterocycles. The number of fused-ring (bicyclic) bond motifs is 1. The molecule has 32 heavy (non-hydrogen) atoms. The Bertz CT molecular complexity index is 1040. The average molecular weight is 435 g/mol. The number of benzene rings is 1. The topological polar surface area (TPSA) is 89.8 Å². The molecule has 168 valence electrons. The van der Waals surface area contributed by atoms with Crippen LogP contribution in [-0.4, -0.2) is 73.7 Å². The highest BCUT2D eigenvalue weighted by Gasteiger charge is 2.63. The number of hydrogen-bond acceptors (Lipinski definition) is 6. The number of likely N-dealkylation sites (tertiary alicyclic amines) is 2. The Balaban J connectivity index is 1.40. The van der Waals surface area contributed by atoms with E-state index in [1.807, 2.05) is 17.0 Å². The van der Waals surface area contributed by atoms with Gasteiger partial charge < -0.3 is 15.1 Å². The number of aromatic nitrogens is 2. The average Bonchev–Trinajstić information content (AvgIpc) is 3.63. The summed E-state index contributed by atoms with van der Waals surface area (Å²) >= 11 is 0. The van der Waals surface area contributed by atoms with E-state index in [1.165, 1.54) is 18.4 Å². The standard InChI is InChI=1S/C25H30N4O3/c30-19-5-4-18-14-21-25(32)8-13-28(23(31)22-26-9-1-10-27-22)11-6-24(25,20(18)15-19)7-12-29(21)16-17-2-3-17/h1,4-5,9-10,15,17,21,30,32H,2-3,6-8,11-14,16H2/t21-,24+,25-/m1/s1. The molecule has 7 heteroatoms. The SMILES string of the molecule is O=C(c1ncccn1)N1CC[C@]23CCN(CC4CC4)[C@H](Cc4ccc(O)cc42)[C@]3(O)CC1. The maximum absolute atomic E-state index is 13.1. The van der Waals surface area contributed by atoms with Gasteiger partial charge in [-0.05, 0) is 80.3 Å². The number of rotatable bonds is 3. The molecule has 1 aromatic carbocycles. The molecule has 2 aliphatic heterocycles. The highest BCUT2D eigenvalue weighted by Crippen LogP contribution is 2.56. The van der Waals surface area contributed by atoms with Gasteiger partial charge in [-0.15, -0.1) is 0 Å². The summed E-state index contributed by atoms with van der Waals surface area (Å²) in [6.07, 6.45) is 8.58. The molecular weight excluding hydrogens is 404 g/mol. The third-order valence-corrected chi connectivity index (χ3v) is 8.47. The van der Waals surface area contributed by atoms with Crippen molar-refractivity contribution in [3.8, 4) is 5.75 Å². The van der Waals surface area contributed by atoms with E-state index in [2.05, 4.69) is 14.9 Å². The molecule has 3 heterocycles. The zero-order valence-corrected chi connectivity index (χ0v) is 18.3. The Hall–Kier alpha value is -2.51. The van der Waals surface area contributed by atoms with Crippen LogP contribution in [0.25, 0.3) is 0 Å². The van der Waals surface area contributed by atoms with Crippen LogP contribution in [0, 0.1) is 5.92 Å². The summed E-state index contributed by atoms with van der Waals surface area (Å²) in [7, 11) is 0. The number of hydrogen-bond donors (Lipinski definition) is 2. The molecule has 2 N–H and O–H groups in total. The first-order chi connectivity index (χ1) is 15.5. The molecule has 0 spiro atoms. The lowest BCUT2D eigenvalue weighted by Crippen LogP contribution is -2.71. The summed E-state index contributed by atoms with van der Waals surface area (Å²) in [6.45, 7) is 3.03. The maximum atomic E-state index is 13.1. The number of amides is 1. The minimum atomic E-state index is -0.937. The number of aliphatic hydroxyl groups is 1. The molecule has 2 bridgehead atoms. The van der Waals surface area contributed by atoms with Gasteiger partial charge in [0, 0.05) is 43.5 Å². The molecule has 4 aliphatic rings. The van der Waals surface area contributed by atoms with Gasteiger partial charge in [0.25, 0.3) is 5.91 Å². The number of carbonyl (C=O) groups is 1. The summed E-state index contributed by atoms with van der Waals surface area (Å²) in [5, 5.41) is 22.8. The molecule has 7 nitrogen and oxygen atoms in total. The molecule has 1 amide bonds. The number of phenols is 1. The minimum absolute atomic E-state index is 0.0388. The van der Waals surface area contributed by atoms with Crippen LogP contribution in [0.3, 0.4) is 0 Å². The van der Waals surface area contributed by atoms with E-state index in [9.17, 15) is 15.0 Å². The summed E-state index contributed by atoms with van der Waals surface area (Å²) in [6, 6.07) is 7.41. The summed E-state index contributed by atoms with van der Waals surface area (Å²) in [5.41, 5.74) is 0.904. The Morgan fingerprint density at radius 2 is 1.84 bits per heavy atom. The summed E-state index contributed by atoms with van der Waals surface area (Å²) < 4.78 is 0. The van der Waals surface area contributed by atoms with E-state index in [0.717, 1.165) is 37.4 Å². The van der Waals surface area contributed by atoms with Gasteiger partial charge in [-0.3, -0.25) is 9.69 Å². The maximum Gasteiger partial charge on any atom is 0.291 e. The molecule has 3 atom stereocenters.